The Hall–Kier alpha value is -3.22. The number of H-pyrrole nitrogens is 1. The Morgan fingerprint density at radius 2 is 1.86 bits per heavy atom. The van der Waals surface area contributed by atoms with Gasteiger partial charge in [-0.2, -0.15) is 0 Å². The number of benzene rings is 2. The molecule has 180 valence electrons. The summed E-state index contributed by atoms with van der Waals surface area (Å²) in [6.45, 7) is 2.35. The fraction of sp³-hybridized carbons (Fsp3) is 0.345. The molecular formula is C29H31FN4O. The van der Waals surface area contributed by atoms with Gasteiger partial charge in [-0.1, -0.05) is 43.3 Å². The number of aromatic amines is 1. The summed E-state index contributed by atoms with van der Waals surface area (Å²) >= 11 is 0. The summed E-state index contributed by atoms with van der Waals surface area (Å²) in [5.41, 5.74) is 15.0. The van der Waals surface area contributed by atoms with Crippen LogP contribution in [0.3, 0.4) is 0 Å². The molecule has 5 unspecified atom stereocenters. The Labute approximate surface area is 204 Å². The molecule has 2 aromatic heterocycles. The smallest absolute Gasteiger partial charge is 0.151 e. The van der Waals surface area contributed by atoms with Crippen LogP contribution < -0.4 is 11.2 Å². The van der Waals surface area contributed by atoms with Crippen molar-refractivity contribution in [3.63, 3.8) is 0 Å². The normalized spacial score (nSPS) is 25.8. The number of anilines is 1. The van der Waals surface area contributed by atoms with Gasteiger partial charge in [0.2, 0.25) is 0 Å². The number of halogens is 1. The molecule has 0 amide bonds. The molecule has 2 aliphatic carbocycles. The van der Waals surface area contributed by atoms with E-state index in [-0.39, 0.29) is 5.82 Å². The number of nitrogens with two attached hydrogens (primary N) is 1. The van der Waals surface area contributed by atoms with E-state index in [4.69, 9.17) is 10.9 Å². The summed E-state index contributed by atoms with van der Waals surface area (Å²) in [6.07, 6.45) is 4.58. The second-order valence-corrected chi connectivity index (χ2v) is 10.5. The number of hydrogen-bond donors (Lipinski definition) is 4. The minimum Gasteiger partial charge on any atom is -0.357 e. The standard InChI is InChI=1S/C29H31FN4O/c1-16-11-25(31)28-20(9-10-23(16)28)13-22-14-26-27(32-22)15-24(30)29(33-26)18-7-5-17(6-8-18)19-3-2-4-21(12-19)34-35/h2-8,12,14-16,20,23,25,28,32,34-35H,9-11,13,31H2,1H3. The summed E-state index contributed by atoms with van der Waals surface area (Å²) in [7, 11) is 0. The van der Waals surface area contributed by atoms with Crippen molar-refractivity contribution in [2.75, 3.05) is 5.48 Å². The van der Waals surface area contributed by atoms with Gasteiger partial charge >= 0.3 is 0 Å². The first-order valence-electron chi connectivity index (χ1n) is 12.5. The van der Waals surface area contributed by atoms with E-state index < -0.39 is 0 Å². The van der Waals surface area contributed by atoms with Crippen LogP contribution in [0.4, 0.5) is 10.1 Å². The SMILES string of the molecule is CC1CC(N)C2C(Cc3cc4nc(-c5ccc(-c6cccc(NO)c6)cc5)c(F)cc4[nH]3)CCC12. The van der Waals surface area contributed by atoms with Crippen LogP contribution in [0, 0.1) is 29.5 Å². The number of rotatable bonds is 5. The van der Waals surface area contributed by atoms with E-state index in [0.29, 0.717) is 29.3 Å². The minimum atomic E-state index is -0.335. The largest absolute Gasteiger partial charge is 0.357 e. The van der Waals surface area contributed by atoms with Crippen LogP contribution in [-0.2, 0) is 6.42 Å². The molecule has 0 bridgehead atoms. The third kappa shape index (κ3) is 4.01. The molecule has 5 atom stereocenters. The predicted molar refractivity (Wildman–Crippen MR) is 137 cm³/mol. The maximum absolute atomic E-state index is 15.1. The topological polar surface area (TPSA) is 87.0 Å². The van der Waals surface area contributed by atoms with Crippen LogP contribution in [0.25, 0.3) is 33.4 Å². The van der Waals surface area contributed by atoms with Gasteiger partial charge in [-0.3, -0.25) is 10.7 Å². The van der Waals surface area contributed by atoms with E-state index in [1.165, 1.54) is 12.8 Å². The number of hydrogen-bond acceptors (Lipinski definition) is 4. The Bertz CT molecular complexity index is 1370. The van der Waals surface area contributed by atoms with Gasteiger partial charge < -0.3 is 10.7 Å². The van der Waals surface area contributed by atoms with Crippen molar-refractivity contribution in [2.24, 2.45) is 29.4 Å². The molecule has 2 saturated carbocycles. The molecule has 4 aromatic rings. The molecule has 0 aliphatic heterocycles. The van der Waals surface area contributed by atoms with Crippen LogP contribution in [0.2, 0.25) is 0 Å². The van der Waals surface area contributed by atoms with Crippen LogP contribution in [-0.4, -0.2) is 21.2 Å². The van der Waals surface area contributed by atoms with Crippen LogP contribution >= 0.6 is 0 Å². The maximum Gasteiger partial charge on any atom is 0.151 e. The van der Waals surface area contributed by atoms with Gasteiger partial charge in [0, 0.05) is 23.4 Å². The number of nitrogens with one attached hydrogen (secondary N) is 2. The number of nitrogens with zero attached hydrogens (tertiary/aromatic N) is 1. The molecule has 2 fully saturated rings. The summed E-state index contributed by atoms with van der Waals surface area (Å²) in [5.74, 6) is 2.33. The second-order valence-electron chi connectivity index (χ2n) is 10.5. The molecule has 2 aromatic carbocycles. The first kappa shape index (κ1) is 22.3. The molecule has 2 aliphatic rings. The van der Waals surface area contributed by atoms with E-state index in [0.717, 1.165) is 58.1 Å². The average Bonchev–Trinajstić information content (AvgIpc) is 3.54. The lowest BCUT2D eigenvalue weighted by molar-refractivity contribution is 0.303. The molecule has 6 rings (SSSR count). The highest BCUT2D eigenvalue weighted by molar-refractivity contribution is 5.80. The van der Waals surface area contributed by atoms with Crippen LogP contribution in [0.15, 0.2) is 60.7 Å². The molecular weight excluding hydrogens is 439 g/mol. The van der Waals surface area contributed by atoms with Crippen LogP contribution in [0.5, 0.6) is 0 Å². The number of aromatic nitrogens is 2. The molecule has 2 heterocycles. The van der Waals surface area contributed by atoms with E-state index in [1.807, 2.05) is 42.5 Å². The van der Waals surface area contributed by atoms with Gasteiger partial charge in [0.1, 0.15) is 5.69 Å². The Kier molecular flexibility index (Phi) is 5.58. The van der Waals surface area contributed by atoms with Gasteiger partial charge in [0.15, 0.2) is 5.82 Å². The van der Waals surface area contributed by atoms with Crippen molar-refractivity contribution < 1.29 is 9.60 Å². The lowest BCUT2D eigenvalue weighted by Crippen LogP contribution is -2.30. The van der Waals surface area contributed by atoms with Crippen molar-refractivity contribution in [2.45, 2.75) is 38.6 Å². The van der Waals surface area contributed by atoms with Crippen molar-refractivity contribution in [1.29, 1.82) is 0 Å². The average molecular weight is 471 g/mol. The zero-order chi connectivity index (χ0) is 24.1. The molecule has 5 N–H and O–H groups in total. The summed E-state index contributed by atoms with van der Waals surface area (Å²) in [6, 6.07) is 19.1. The fourth-order valence-electron chi connectivity index (χ4n) is 6.74. The van der Waals surface area contributed by atoms with Crippen molar-refractivity contribution in [3.8, 4) is 22.4 Å². The van der Waals surface area contributed by atoms with Crippen molar-refractivity contribution >= 4 is 16.7 Å². The lowest BCUT2D eigenvalue weighted by Gasteiger charge is -2.22. The van der Waals surface area contributed by atoms with E-state index >= 15 is 4.39 Å². The summed E-state index contributed by atoms with van der Waals surface area (Å²) in [4.78, 5) is 8.11. The summed E-state index contributed by atoms with van der Waals surface area (Å²) < 4.78 is 15.1. The Morgan fingerprint density at radius 3 is 2.66 bits per heavy atom. The molecule has 0 spiro atoms. The van der Waals surface area contributed by atoms with Gasteiger partial charge in [0.25, 0.3) is 0 Å². The Morgan fingerprint density at radius 1 is 1.06 bits per heavy atom. The van der Waals surface area contributed by atoms with Crippen molar-refractivity contribution in [3.05, 3.63) is 72.2 Å². The summed E-state index contributed by atoms with van der Waals surface area (Å²) in [5, 5.41) is 9.15. The first-order chi connectivity index (χ1) is 17.0. The molecule has 6 heteroatoms. The molecule has 5 nitrogen and oxygen atoms in total. The van der Waals surface area contributed by atoms with E-state index in [9.17, 15) is 0 Å². The van der Waals surface area contributed by atoms with Gasteiger partial charge in [0.05, 0.1) is 16.7 Å². The highest BCUT2D eigenvalue weighted by atomic mass is 19.1. The quantitative estimate of drug-likeness (QED) is 0.255. The second kappa shape index (κ2) is 8.77. The highest BCUT2D eigenvalue weighted by Crippen LogP contribution is 2.50. The lowest BCUT2D eigenvalue weighted by atomic mass is 9.85. The number of pyridine rings is 1. The van der Waals surface area contributed by atoms with E-state index in [1.54, 1.807) is 12.1 Å². The van der Waals surface area contributed by atoms with Gasteiger partial charge in [-0.05, 0) is 78.7 Å². The first-order valence-corrected chi connectivity index (χ1v) is 12.5. The molecule has 35 heavy (non-hydrogen) atoms. The van der Waals surface area contributed by atoms with Crippen molar-refractivity contribution in [1.82, 2.24) is 9.97 Å². The predicted octanol–water partition coefficient (Wildman–Crippen LogP) is 6.39. The zero-order valence-electron chi connectivity index (χ0n) is 19.8. The van der Waals surface area contributed by atoms with Crippen LogP contribution in [0.1, 0.15) is 31.9 Å². The third-order valence-corrected chi connectivity index (χ3v) is 8.36. The number of fused-ring (bicyclic) bond motifs is 2. The Balaban J connectivity index is 1.25. The van der Waals surface area contributed by atoms with Gasteiger partial charge in [-0.15, -0.1) is 0 Å². The highest BCUT2D eigenvalue weighted by Gasteiger charge is 2.47. The van der Waals surface area contributed by atoms with Gasteiger partial charge in [-0.25, -0.2) is 9.37 Å². The van der Waals surface area contributed by atoms with E-state index in [2.05, 4.69) is 28.4 Å². The zero-order valence-corrected chi connectivity index (χ0v) is 19.8. The third-order valence-electron chi connectivity index (χ3n) is 8.36. The monoisotopic (exact) mass is 470 g/mol. The fourth-order valence-corrected chi connectivity index (χ4v) is 6.74. The molecule has 0 saturated heterocycles. The maximum atomic E-state index is 15.1. The molecule has 0 radical (unpaired) electrons. The minimum absolute atomic E-state index is 0.305.